The molecule has 2 aromatic carbocycles. The Kier molecular flexibility index (Phi) is 5.44. The summed E-state index contributed by atoms with van der Waals surface area (Å²) >= 11 is 1.77. The molecule has 0 radical (unpaired) electrons. The van der Waals surface area contributed by atoms with E-state index in [4.69, 9.17) is 4.98 Å². The number of aromatic nitrogens is 4. The first-order valence-electron chi connectivity index (χ1n) is 9.69. The molecule has 0 bridgehead atoms. The van der Waals surface area contributed by atoms with Gasteiger partial charge in [0.1, 0.15) is 0 Å². The van der Waals surface area contributed by atoms with Crippen LogP contribution in [0.5, 0.6) is 0 Å². The Bertz CT molecular complexity index is 1090. The molecule has 0 spiro atoms. The number of rotatable bonds is 6. The molecule has 142 valence electrons. The maximum Gasteiger partial charge on any atom is 0.191 e. The van der Waals surface area contributed by atoms with E-state index in [-0.39, 0.29) is 0 Å². The van der Waals surface area contributed by atoms with Gasteiger partial charge >= 0.3 is 0 Å². The lowest BCUT2D eigenvalue weighted by Crippen LogP contribution is -2.02. The van der Waals surface area contributed by atoms with E-state index < -0.39 is 0 Å². The predicted molar refractivity (Wildman–Crippen MR) is 117 cm³/mol. The molecule has 0 fully saturated rings. The number of thioether (sulfide) groups is 1. The third-order valence-electron chi connectivity index (χ3n) is 4.61. The second-order valence-electron chi connectivity index (χ2n) is 7.19. The standard InChI is InChI=1S/C23H24N4S/c1-4-27-22(25-26-23(27)28-15-16(2)3)19-14-21(17-10-6-5-7-11-17)24-20-13-9-8-12-18(19)20/h5-14,16H,4,15H2,1-3H3. The van der Waals surface area contributed by atoms with Crippen molar-refractivity contribution in [3.63, 3.8) is 0 Å². The fourth-order valence-corrected chi connectivity index (χ4v) is 4.19. The van der Waals surface area contributed by atoms with E-state index >= 15 is 0 Å². The van der Waals surface area contributed by atoms with E-state index in [1.165, 1.54) is 0 Å². The summed E-state index contributed by atoms with van der Waals surface area (Å²) in [6.45, 7) is 7.43. The number of para-hydroxylation sites is 1. The van der Waals surface area contributed by atoms with Gasteiger partial charge in [-0.2, -0.15) is 0 Å². The van der Waals surface area contributed by atoms with Crippen molar-refractivity contribution in [3.05, 3.63) is 60.7 Å². The van der Waals surface area contributed by atoms with Crippen LogP contribution in [0.15, 0.2) is 65.8 Å². The van der Waals surface area contributed by atoms with Crippen molar-refractivity contribution in [1.82, 2.24) is 19.7 Å². The number of hydrogen-bond acceptors (Lipinski definition) is 4. The van der Waals surface area contributed by atoms with E-state index in [9.17, 15) is 0 Å². The topological polar surface area (TPSA) is 43.6 Å². The first kappa shape index (κ1) is 18.7. The molecule has 4 nitrogen and oxygen atoms in total. The van der Waals surface area contributed by atoms with Gasteiger partial charge in [0.15, 0.2) is 11.0 Å². The van der Waals surface area contributed by atoms with Gasteiger partial charge in [0, 0.05) is 28.8 Å². The maximum absolute atomic E-state index is 4.89. The van der Waals surface area contributed by atoms with Crippen molar-refractivity contribution in [2.45, 2.75) is 32.5 Å². The van der Waals surface area contributed by atoms with E-state index in [2.05, 4.69) is 71.9 Å². The van der Waals surface area contributed by atoms with Gasteiger partial charge < -0.3 is 4.57 Å². The normalized spacial score (nSPS) is 11.4. The number of fused-ring (bicyclic) bond motifs is 1. The van der Waals surface area contributed by atoms with E-state index in [0.29, 0.717) is 5.92 Å². The average Bonchev–Trinajstić information content (AvgIpc) is 3.14. The second-order valence-corrected chi connectivity index (χ2v) is 8.18. The first-order chi connectivity index (χ1) is 13.7. The summed E-state index contributed by atoms with van der Waals surface area (Å²) in [7, 11) is 0. The minimum atomic E-state index is 0.613. The first-order valence-corrected chi connectivity index (χ1v) is 10.7. The highest BCUT2D eigenvalue weighted by atomic mass is 32.2. The summed E-state index contributed by atoms with van der Waals surface area (Å²) in [5.41, 5.74) is 4.11. The van der Waals surface area contributed by atoms with Gasteiger partial charge in [-0.05, 0) is 25.0 Å². The molecule has 2 heterocycles. The Balaban J connectivity index is 1.89. The van der Waals surface area contributed by atoms with Crippen molar-refractivity contribution >= 4 is 22.7 Å². The van der Waals surface area contributed by atoms with Crippen molar-refractivity contribution in [1.29, 1.82) is 0 Å². The Hall–Kier alpha value is -2.66. The molecule has 5 heteroatoms. The lowest BCUT2D eigenvalue weighted by atomic mass is 10.0. The zero-order valence-corrected chi connectivity index (χ0v) is 17.3. The van der Waals surface area contributed by atoms with Crippen LogP contribution in [0, 0.1) is 5.92 Å². The molecule has 0 unspecified atom stereocenters. The molecule has 4 aromatic rings. The third-order valence-corrected chi connectivity index (χ3v) is 6.00. The van der Waals surface area contributed by atoms with Crippen molar-refractivity contribution in [3.8, 4) is 22.6 Å². The average molecular weight is 389 g/mol. The van der Waals surface area contributed by atoms with Gasteiger partial charge in [-0.3, -0.25) is 0 Å². The van der Waals surface area contributed by atoms with Gasteiger partial charge in [0.2, 0.25) is 0 Å². The fraction of sp³-hybridized carbons (Fsp3) is 0.261. The zero-order valence-electron chi connectivity index (χ0n) is 16.5. The van der Waals surface area contributed by atoms with Gasteiger partial charge in [-0.25, -0.2) is 4.98 Å². The molecule has 0 aliphatic heterocycles. The van der Waals surface area contributed by atoms with Crippen LogP contribution in [0.1, 0.15) is 20.8 Å². The molecule has 0 amide bonds. The summed E-state index contributed by atoms with van der Waals surface area (Å²) in [5.74, 6) is 2.55. The van der Waals surface area contributed by atoms with Crippen LogP contribution >= 0.6 is 11.8 Å². The summed E-state index contributed by atoms with van der Waals surface area (Å²) in [6.07, 6.45) is 0. The van der Waals surface area contributed by atoms with Crippen molar-refractivity contribution in [2.24, 2.45) is 5.92 Å². The van der Waals surface area contributed by atoms with Crippen LogP contribution in [0.3, 0.4) is 0 Å². The molecule has 4 rings (SSSR count). The number of hydrogen-bond donors (Lipinski definition) is 0. The number of nitrogens with zero attached hydrogens (tertiary/aromatic N) is 4. The predicted octanol–water partition coefficient (Wildman–Crippen LogP) is 5.93. The monoisotopic (exact) mass is 388 g/mol. The molecule has 0 atom stereocenters. The molecule has 0 saturated carbocycles. The largest absolute Gasteiger partial charge is 0.302 e. The second kappa shape index (κ2) is 8.15. The highest BCUT2D eigenvalue weighted by Crippen LogP contribution is 2.33. The van der Waals surface area contributed by atoms with Gasteiger partial charge in [0.25, 0.3) is 0 Å². The van der Waals surface area contributed by atoms with Crippen LogP contribution in [-0.4, -0.2) is 25.5 Å². The number of benzene rings is 2. The van der Waals surface area contributed by atoms with Gasteiger partial charge in [0.05, 0.1) is 11.2 Å². The lowest BCUT2D eigenvalue weighted by molar-refractivity contribution is 0.682. The van der Waals surface area contributed by atoms with E-state index in [1.807, 2.05) is 24.3 Å². The molecular formula is C23H24N4S. The van der Waals surface area contributed by atoms with Crippen LogP contribution in [0.4, 0.5) is 0 Å². The zero-order chi connectivity index (χ0) is 19.5. The Morgan fingerprint density at radius 3 is 2.46 bits per heavy atom. The molecule has 0 saturated heterocycles. The quantitative estimate of drug-likeness (QED) is 0.384. The molecule has 28 heavy (non-hydrogen) atoms. The fourth-order valence-electron chi connectivity index (χ4n) is 3.24. The SMILES string of the molecule is CCn1c(SCC(C)C)nnc1-c1cc(-c2ccccc2)nc2ccccc12. The highest BCUT2D eigenvalue weighted by molar-refractivity contribution is 7.99. The van der Waals surface area contributed by atoms with Gasteiger partial charge in [-0.15, -0.1) is 10.2 Å². The highest BCUT2D eigenvalue weighted by Gasteiger charge is 2.17. The smallest absolute Gasteiger partial charge is 0.191 e. The van der Waals surface area contributed by atoms with E-state index in [1.54, 1.807) is 11.8 Å². The third kappa shape index (κ3) is 3.67. The lowest BCUT2D eigenvalue weighted by Gasteiger charge is -2.12. The van der Waals surface area contributed by atoms with Crippen LogP contribution in [-0.2, 0) is 6.54 Å². The maximum atomic E-state index is 4.89. The Morgan fingerprint density at radius 1 is 0.964 bits per heavy atom. The van der Waals surface area contributed by atoms with Crippen LogP contribution in [0.25, 0.3) is 33.5 Å². The van der Waals surface area contributed by atoms with Crippen molar-refractivity contribution in [2.75, 3.05) is 5.75 Å². The molecule has 2 aromatic heterocycles. The molecular weight excluding hydrogens is 364 g/mol. The van der Waals surface area contributed by atoms with Gasteiger partial charge in [-0.1, -0.05) is 74.1 Å². The number of pyridine rings is 1. The molecule has 0 N–H and O–H groups in total. The summed E-state index contributed by atoms with van der Waals surface area (Å²) in [5, 5.41) is 11.2. The Labute approximate surface area is 170 Å². The van der Waals surface area contributed by atoms with E-state index in [0.717, 1.165) is 51.0 Å². The summed E-state index contributed by atoms with van der Waals surface area (Å²) in [6, 6.07) is 20.7. The van der Waals surface area contributed by atoms with Crippen LogP contribution < -0.4 is 0 Å². The summed E-state index contributed by atoms with van der Waals surface area (Å²) < 4.78 is 2.21. The van der Waals surface area contributed by atoms with Crippen molar-refractivity contribution < 1.29 is 0 Å². The summed E-state index contributed by atoms with van der Waals surface area (Å²) in [4.78, 5) is 4.89. The minimum Gasteiger partial charge on any atom is -0.302 e. The molecule has 0 aliphatic carbocycles. The molecule has 0 aliphatic rings. The minimum absolute atomic E-state index is 0.613. The van der Waals surface area contributed by atoms with Crippen LogP contribution in [0.2, 0.25) is 0 Å². The Morgan fingerprint density at radius 2 is 1.71 bits per heavy atom.